The average Bonchev–Trinajstić information content (AvgIpc) is 3.77. The van der Waals surface area contributed by atoms with Crippen LogP contribution in [0.2, 0.25) is 10.0 Å². The number of ketones is 1. The van der Waals surface area contributed by atoms with Gasteiger partial charge in [0.2, 0.25) is 0 Å². The predicted octanol–water partition coefficient (Wildman–Crippen LogP) is 7.52. The molecule has 0 bridgehead atoms. The number of halogens is 2. The van der Waals surface area contributed by atoms with Crippen molar-refractivity contribution in [1.82, 2.24) is 14.8 Å². The normalized spacial score (nSPS) is 16.7. The molecule has 1 saturated heterocycles. The van der Waals surface area contributed by atoms with Crippen LogP contribution in [-0.4, -0.2) is 53.8 Å². The molecule has 4 aromatic rings. The van der Waals surface area contributed by atoms with Gasteiger partial charge in [-0.2, -0.15) is 0 Å². The van der Waals surface area contributed by atoms with Crippen molar-refractivity contribution in [2.45, 2.75) is 26.3 Å². The van der Waals surface area contributed by atoms with Crippen molar-refractivity contribution in [3.8, 4) is 22.3 Å². The van der Waals surface area contributed by atoms with E-state index in [-0.39, 0.29) is 11.7 Å². The minimum Gasteiger partial charge on any atom is -0.304 e. The van der Waals surface area contributed by atoms with Crippen molar-refractivity contribution < 1.29 is 4.79 Å². The zero-order valence-electron chi connectivity index (χ0n) is 21.8. The molecule has 0 spiro atoms. The van der Waals surface area contributed by atoms with Gasteiger partial charge in [-0.3, -0.25) is 14.7 Å². The Labute approximate surface area is 234 Å². The first-order valence-corrected chi connectivity index (χ1v) is 14.1. The lowest BCUT2D eigenvalue weighted by Crippen LogP contribution is -2.43. The van der Waals surface area contributed by atoms with Gasteiger partial charge >= 0.3 is 0 Å². The number of rotatable bonds is 6. The molecule has 1 saturated carbocycles. The van der Waals surface area contributed by atoms with E-state index in [4.69, 9.17) is 28.2 Å². The molecule has 0 N–H and O–H groups in total. The lowest BCUT2D eigenvalue weighted by Gasteiger charge is -2.32. The number of nitrogens with zero attached hydrogens (tertiary/aromatic N) is 3. The first-order valence-electron chi connectivity index (χ1n) is 13.3. The fraction of sp³-hybridized carbons (Fsp3) is 0.312. The number of Topliss-reactive ketones (excluding diaryl/α,β-unsaturated/α-hetero) is 1. The second-order valence-electron chi connectivity index (χ2n) is 10.8. The minimum atomic E-state index is 0.111. The van der Waals surface area contributed by atoms with Gasteiger partial charge in [-0.05, 0) is 85.0 Å². The van der Waals surface area contributed by atoms with Crippen LogP contribution in [0, 0.1) is 12.8 Å². The standard InChI is InChI=1S/C32H31Cl2N3O/c1-20-28(33)16-25(17-29(20)34)23-8-9-30-26(15-23)31(27(18-35-30)32(38)22-6-7-22)24-5-3-4-21(14-24)19-37-12-10-36(2)11-13-37/h3-5,8-9,14-18,22H,6-7,10-13,19H2,1-2H3. The van der Waals surface area contributed by atoms with Gasteiger partial charge < -0.3 is 4.90 Å². The molecule has 2 heterocycles. The summed E-state index contributed by atoms with van der Waals surface area (Å²) in [7, 11) is 2.18. The first kappa shape index (κ1) is 25.5. The van der Waals surface area contributed by atoms with Gasteiger partial charge in [0, 0.05) is 71.4 Å². The van der Waals surface area contributed by atoms with Gasteiger partial charge in [0.1, 0.15) is 0 Å². The molecule has 0 radical (unpaired) electrons. The quantitative estimate of drug-likeness (QED) is 0.235. The first-order chi connectivity index (χ1) is 18.4. The smallest absolute Gasteiger partial charge is 0.168 e. The topological polar surface area (TPSA) is 36.4 Å². The number of piperazine rings is 1. The van der Waals surface area contributed by atoms with E-state index in [9.17, 15) is 4.79 Å². The summed E-state index contributed by atoms with van der Waals surface area (Å²) in [5, 5.41) is 2.25. The molecule has 3 aromatic carbocycles. The van der Waals surface area contributed by atoms with Gasteiger partial charge in [0.15, 0.2) is 5.78 Å². The number of pyridine rings is 1. The van der Waals surface area contributed by atoms with Crippen LogP contribution in [0.1, 0.15) is 34.3 Å². The van der Waals surface area contributed by atoms with E-state index in [2.05, 4.69) is 47.2 Å². The number of carbonyl (C=O) groups excluding carboxylic acids is 1. The number of likely N-dealkylation sites (N-methyl/N-ethyl adjacent to an activating group) is 1. The Hall–Kier alpha value is -2.76. The minimum absolute atomic E-state index is 0.111. The third kappa shape index (κ3) is 5.11. The van der Waals surface area contributed by atoms with E-state index in [0.29, 0.717) is 15.6 Å². The SMILES string of the molecule is Cc1c(Cl)cc(-c2ccc3ncc(C(=O)C4CC4)c(-c4cccc(CN5CCN(C)CC5)c4)c3c2)cc1Cl. The summed E-state index contributed by atoms with van der Waals surface area (Å²) in [6, 6.07) is 18.8. The van der Waals surface area contributed by atoms with Crippen LogP contribution in [0.15, 0.2) is 60.8 Å². The molecule has 6 heteroatoms. The summed E-state index contributed by atoms with van der Waals surface area (Å²) < 4.78 is 0. The van der Waals surface area contributed by atoms with Gasteiger partial charge in [0.05, 0.1) is 5.52 Å². The summed E-state index contributed by atoms with van der Waals surface area (Å²) in [5.41, 5.74) is 7.68. The van der Waals surface area contributed by atoms with Gasteiger partial charge in [-0.1, -0.05) is 47.5 Å². The van der Waals surface area contributed by atoms with Gasteiger partial charge in [-0.15, -0.1) is 0 Å². The second-order valence-corrected chi connectivity index (χ2v) is 11.6. The van der Waals surface area contributed by atoms with Crippen LogP contribution in [-0.2, 0) is 6.54 Å². The molecule has 194 valence electrons. The van der Waals surface area contributed by atoms with Crippen LogP contribution in [0.25, 0.3) is 33.2 Å². The Bertz CT molecular complexity index is 1510. The van der Waals surface area contributed by atoms with Crippen LogP contribution < -0.4 is 0 Å². The van der Waals surface area contributed by atoms with Crippen molar-refractivity contribution in [3.63, 3.8) is 0 Å². The molecule has 1 aromatic heterocycles. The number of hydrogen-bond donors (Lipinski definition) is 0. The maximum Gasteiger partial charge on any atom is 0.168 e. The van der Waals surface area contributed by atoms with Crippen molar-refractivity contribution >= 4 is 39.9 Å². The van der Waals surface area contributed by atoms with Crippen LogP contribution in [0.5, 0.6) is 0 Å². The fourth-order valence-corrected chi connectivity index (χ4v) is 5.82. The third-order valence-electron chi connectivity index (χ3n) is 7.91. The molecule has 0 amide bonds. The third-order valence-corrected chi connectivity index (χ3v) is 8.70. The Balaban J connectivity index is 1.47. The Kier molecular flexibility index (Phi) is 7.00. The summed E-state index contributed by atoms with van der Waals surface area (Å²) >= 11 is 13.0. The molecule has 6 rings (SSSR count). The van der Waals surface area contributed by atoms with E-state index in [1.807, 2.05) is 31.2 Å². The van der Waals surface area contributed by atoms with Gasteiger partial charge in [-0.25, -0.2) is 0 Å². The Morgan fingerprint density at radius 2 is 1.66 bits per heavy atom. The molecular weight excluding hydrogens is 513 g/mol. The Morgan fingerprint density at radius 1 is 0.921 bits per heavy atom. The lowest BCUT2D eigenvalue weighted by atomic mass is 9.90. The van der Waals surface area contributed by atoms with Crippen LogP contribution >= 0.6 is 23.2 Å². The fourth-order valence-electron chi connectivity index (χ4n) is 5.34. The maximum atomic E-state index is 13.5. The van der Waals surface area contributed by atoms with Gasteiger partial charge in [0.25, 0.3) is 0 Å². The second kappa shape index (κ2) is 10.4. The molecule has 1 aliphatic heterocycles. The molecule has 1 aliphatic carbocycles. The van der Waals surface area contributed by atoms with Crippen molar-refractivity contribution in [3.05, 3.63) is 87.5 Å². The molecule has 38 heavy (non-hydrogen) atoms. The number of carbonyl (C=O) groups is 1. The zero-order chi connectivity index (χ0) is 26.4. The largest absolute Gasteiger partial charge is 0.304 e. The molecule has 0 unspecified atom stereocenters. The molecular formula is C32H31Cl2N3O. The summed E-state index contributed by atoms with van der Waals surface area (Å²) in [6.45, 7) is 7.13. The molecule has 2 aliphatic rings. The maximum absolute atomic E-state index is 13.5. The van der Waals surface area contributed by atoms with Crippen LogP contribution in [0.4, 0.5) is 0 Å². The summed E-state index contributed by atoms with van der Waals surface area (Å²) in [6.07, 6.45) is 3.70. The summed E-state index contributed by atoms with van der Waals surface area (Å²) in [4.78, 5) is 23.1. The number of hydrogen-bond acceptors (Lipinski definition) is 4. The highest BCUT2D eigenvalue weighted by molar-refractivity contribution is 6.36. The number of aromatic nitrogens is 1. The van der Waals surface area contributed by atoms with Crippen molar-refractivity contribution in [2.75, 3.05) is 33.2 Å². The van der Waals surface area contributed by atoms with Crippen LogP contribution in [0.3, 0.4) is 0 Å². The van der Waals surface area contributed by atoms with E-state index < -0.39 is 0 Å². The van der Waals surface area contributed by atoms with Crippen molar-refractivity contribution in [1.29, 1.82) is 0 Å². The highest BCUT2D eigenvalue weighted by Gasteiger charge is 2.33. The average molecular weight is 545 g/mol. The van der Waals surface area contributed by atoms with E-state index in [0.717, 1.165) is 84.3 Å². The number of fused-ring (bicyclic) bond motifs is 1. The van der Waals surface area contributed by atoms with Crippen molar-refractivity contribution in [2.24, 2.45) is 5.92 Å². The van der Waals surface area contributed by atoms with E-state index >= 15 is 0 Å². The highest BCUT2D eigenvalue weighted by atomic mass is 35.5. The predicted molar refractivity (Wildman–Crippen MR) is 157 cm³/mol. The Morgan fingerprint density at radius 3 is 2.37 bits per heavy atom. The monoisotopic (exact) mass is 543 g/mol. The zero-order valence-corrected chi connectivity index (χ0v) is 23.3. The molecule has 0 atom stereocenters. The summed E-state index contributed by atoms with van der Waals surface area (Å²) in [5.74, 6) is 0.310. The molecule has 4 nitrogen and oxygen atoms in total. The molecule has 2 fully saturated rings. The highest BCUT2D eigenvalue weighted by Crippen LogP contribution is 2.40. The number of benzene rings is 3. The van der Waals surface area contributed by atoms with E-state index in [1.165, 1.54) is 5.56 Å². The lowest BCUT2D eigenvalue weighted by molar-refractivity contribution is 0.0968. The van der Waals surface area contributed by atoms with E-state index in [1.54, 1.807) is 6.20 Å².